The number of nitrogens with zero attached hydrogens (tertiary/aromatic N) is 2. The van der Waals surface area contributed by atoms with E-state index in [4.69, 9.17) is 9.47 Å². The first-order valence-electron chi connectivity index (χ1n) is 7.81. The Hall–Kier alpha value is -0.630. The van der Waals surface area contributed by atoms with Gasteiger partial charge in [0.25, 0.3) is 0 Å². The van der Waals surface area contributed by atoms with E-state index in [1.807, 2.05) is 0 Å². The van der Waals surface area contributed by atoms with Crippen molar-refractivity contribution in [1.82, 2.24) is 4.90 Å². The highest BCUT2D eigenvalue weighted by molar-refractivity contribution is 4.98. The van der Waals surface area contributed by atoms with Crippen molar-refractivity contribution in [2.75, 3.05) is 34.0 Å². The number of ether oxygens (including phenoxy) is 2. The minimum atomic E-state index is 0.147. The predicted octanol–water partition coefficient (Wildman–Crippen LogP) is 2.69. The average molecular weight is 282 g/mol. The summed E-state index contributed by atoms with van der Waals surface area (Å²) in [7, 11) is 3.47. The van der Waals surface area contributed by atoms with Crippen molar-refractivity contribution in [3.63, 3.8) is 0 Å². The van der Waals surface area contributed by atoms with Crippen LogP contribution < -0.4 is 0 Å². The fourth-order valence-electron chi connectivity index (χ4n) is 3.37. The molecule has 0 N–H and O–H groups in total. The molecule has 1 rings (SSSR count). The molecular formula is C16H30N2O2. The van der Waals surface area contributed by atoms with E-state index in [-0.39, 0.29) is 5.92 Å². The van der Waals surface area contributed by atoms with E-state index in [1.165, 1.54) is 12.8 Å². The van der Waals surface area contributed by atoms with Crippen molar-refractivity contribution < 1.29 is 9.47 Å². The molecular weight excluding hydrogens is 252 g/mol. The molecule has 116 valence electrons. The van der Waals surface area contributed by atoms with E-state index >= 15 is 0 Å². The quantitative estimate of drug-likeness (QED) is 0.686. The number of rotatable bonds is 8. The Bertz CT molecular complexity index is 303. The zero-order valence-electron chi connectivity index (χ0n) is 13.5. The lowest BCUT2D eigenvalue weighted by Crippen LogP contribution is -2.50. The van der Waals surface area contributed by atoms with Crippen LogP contribution >= 0.6 is 0 Å². The Kier molecular flexibility index (Phi) is 8.13. The van der Waals surface area contributed by atoms with Crippen molar-refractivity contribution in [1.29, 1.82) is 5.26 Å². The predicted molar refractivity (Wildman–Crippen MR) is 80.4 cm³/mol. The zero-order chi connectivity index (χ0) is 15.0. The molecule has 0 aromatic carbocycles. The number of nitriles is 1. The summed E-state index contributed by atoms with van der Waals surface area (Å²) in [5, 5.41) is 9.47. The van der Waals surface area contributed by atoms with E-state index in [9.17, 15) is 5.26 Å². The lowest BCUT2D eigenvalue weighted by molar-refractivity contribution is 0.0135. The summed E-state index contributed by atoms with van der Waals surface area (Å²) in [6.07, 6.45) is 4.57. The topological polar surface area (TPSA) is 45.5 Å². The van der Waals surface area contributed by atoms with Crippen molar-refractivity contribution in [3.05, 3.63) is 0 Å². The van der Waals surface area contributed by atoms with Gasteiger partial charge in [0.15, 0.2) is 0 Å². The molecule has 0 aromatic heterocycles. The summed E-state index contributed by atoms with van der Waals surface area (Å²) in [5.41, 5.74) is 0. The van der Waals surface area contributed by atoms with Crippen molar-refractivity contribution >= 4 is 0 Å². The molecule has 0 radical (unpaired) electrons. The molecule has 0 aliphatic heterocycles. The first kappa shape index (κ1) is 17.4. The van der Waals surface area contributed by atoms with Crippen LogP contribution in [-0.2, 0) is 9.47 Å². The molecule has 0 saturated heterocycles. The summed E-state index contributed by atoms with van der Waals surface area (Å²) in [6.45, 7) is 6.73. The third kappa shape index (κ3) is 4.73. The minimum absolute atomic E-state index is 0.147. The molecule has 4 unspecified atom stereocenters. The molecule has 0 amide bonds. The third-order valence-electron chi connectivity index (χ3n) is 4.62. The number of hydrogen-bond acceptors (Lipinski definition) is 4. The first-order valence-corrected chi connectivity index (χ1v) is 7.81. The Balaban J connectivity index is 2.80. The van der Waals surface area contributed by atoms with Gasteiger partial charge in [-0.25, -0.2) is 0 Å². The minimum Gasteiger partial charge on any atom is -0.383 e. The van der Waals surface area contributed by atoms with Crippen LogP contribution in [0.5, 0.6) is 0 Å². The maximum absolute atomic E-state index is 9.47. The fraction of sp³-hybridized carbons (Fsp3) is 0.938. The van der Waals surface area contributed by atoms with E-state index in [2.05, 4.69) is 24.8 Å². The van der Waals surface area contributed by atoms with Gasteiger partial charge < -0.3 is 9.47 Å². The lowest BCUT2D eigenvalue weighted by Gasteiger charge is -2.43. The molecule has 0 heterocycles. The Morgan fingerprint density at radius 3 is 2.60 bits per heavy atom. The molecule has 20 heavy (non-hydrogen) atoms. The van der Waals surface area contributed by atoms with Gasteiger partial charge in [0.1, 0.15) is 0 Å². The average Bonchev–Trinajstić information content (AvgIpc) is 2.47. The van der Waals surface area contributed by atoms with Gasteiger partial charge in [0.2, 0.25) is 0 Å². The van der Waals surface area contributed by atoms with E-state index in [0.29, 0.717) is 25.3 Å². The highest BCUT2D eigenvalue weighted by Gasteiger charge is 2.35. The van der Waals surface area contributed by atoms with E-state index < -0.39 is 0 Å². The summed E-state index contributed by atoms with van der Waals surface area (Å²) in [6, 6.07) is 3.20. The van der Waals surface area contributed by atoms with Crippen LogP contribution in [0, 0.1) is 23.2 Å². The van der Waals surface area contributed by atoms with Crippen LogP contribution in [0.25, 0.3) is 0 Å². The third-order valence-corrected chi connectivity index (χ3v) is 4.62. The van der Waals surface area contributed by atoms with Gasteiger partial charge in [0.05, 0.1) is 25.2 Å². The number of hydrogen-bond donors (Lipinski definition) is 0. The molecule has 4 atom stereocenters. The van der Waals surface area contributed by atoms with Crippen molar-refractivity contribution in [3.8, 4) is 6.07 Å². The molecule has 0 aromatic rings. The Labute approximate surface area is 124 Å². The van der Waals surface area contributed by atoms with Crippen LogP contribution in [0.4, 0.5) is 0 Å². The van der Waals surface area contributed by atoms with Crippen LogP contribution in [0.1, 0.15) is 39.5 Å². The lowest BCUT2D eigenvalue weighted by atomic mass is 9.76. The molecule has 1 saturated carbocycles. The smallest absolute Gasteiger partial charge is 0.0672 e. The van der Waals surface area contributed by atoms with Gasteiger partial charge >= 0.3 is 0 Å². The second kappa shape index (κ2) is 9.33. The summed E-state index contributed by atoms with van der Waals surface area (Å²) in [4.78, 5) is 2.43. The molecule has 0 spiro atoms. The first-order chi connectivity index (χ1) is 9.67. The maximum Gasteiger partial charge on any atom is 0.0672 e. The van der Waals surface area contributed by atoms with Crippen LogP contribution in [0.2, 0.25) is 0 Å². The van der Waals surface area contributed by atoms with Crippen LogP contribution in [-0.4, -0.2) is 51.0 Å². The highest BCUT2D eigenvalue weighted by atomic mass is 16.5. The van der Waals surface area contributed by atoms with Crippen LogP contribution in [0.15, 0.2) is 0 Å². The Morgan fingerprint density at radius 1 is 1.30 bits per heavy atom. The van der Waals surface area contributed by atoms with Gasteiger partial charge in [-0.05, 0) is 32.1 Å². The summed E-state index contributed by atoms with van der Waals surface area (Å²) < 4.78 is 10.6. The molecule has 4 heteroatoms. The molecule has 1 fully saturated rings. The fourth-order valence-corrected chi connectivity index (χ4v) is 3.37. The van der Waals surface area contributed by atoms with Crippen molar-refractivity contribution in [2.45, 2.75) is 51.6 Å². The summed E-state index contributed by atoms with van der Waals surface area (Å²) in [5.74, 6) is 0.901. The Morgan fingerprint density at radius 2 is 2.05 bits per heavy atom. The summed E-state index contributed by atoms with van der Waals surface area (Å²) >= 11 is 0. The molecule has 4 nitrogen and oxygen atoms in total. The van der Waals surface area contributed by atoms with Crippen molar-refractivity contribution in [2.24, 2.45) is 11.8 Å². The highest BCUT2D eigenvalue weighted by Crippen LogP contribution is 2.34. The largest absolute Gasteiger partial charge is 0.383 e. The second-order valence-corrected chi connectivity index (χ2v) is 5.93. The van der Waals surface area contributed by atoms with Gasteiger partial charge in [0, 0.05) is 32.8 Å². The van der Waals surface area contributed by atoms with Gasteiger partial charge in [-0.2, -0.15) is 5.26 Å². The van der Waals surface area contributed by atoms with E-state index in [1.54, 1.807) is 14.2 Å². The van der Waals surface area contributed by atoms with E-state index in [0.717, 1.165) is 25.3 Å². The zero-order valence-corrected chi connectivity index (χ0v) is 13.5. The normalized spacial score (nSPS) is 28.3. The van der Waals surface area contributed by atoms with Gasteiger partial charge in [-0.1, -0.05) is 13.3 Å². The monoisotopic (exact) mass is 282 g/mol. The SMILES string of the molecule is CCC1CCC(C#N)C(N(CCOC)C(C)COC)C1. The van der Waals surface area contributed by atoms with Gasteiger partial charge in [-0.3, -0.25) is 4.90 Å². The van der Waals surface area contributed by atoms with Gasteiger partial charge in [-0.15, -0.1) is 0 Å². The number of methoxy groups -OCH3 is 2. The standard InChI is InChI=1S/C16H30N2O2/c1-5-14-6-7-15(11-17)16(10-14)18(8-9-19-3)13(2)12-20-4/h13-16H,5-10,12H2,1-4H3. The molecule has 1 aliphatic rings. The van der Waals surface area contributed by atoms with Crippen LogP contribution in [0.3, 0.4) is 0 Å². The maximum atomic E-state index is 9.47. The second-order valence-electron chi connectivity index (χ2n) is 5.93. The molecule has 1 aliphatic carbocycles. The molecule has 0 bridgehead atoms.